The summed E-state index contributed by atoms with van der Waals surface area (Å²) in [4.78, 5) is 5.76. The van der Waals surface area contributed by atoms with Gasteiger partial charge in [0.1, 0.15) is 12.4 Å². The molecule has 3 saturated carbocycles. The van der Waals surface area contributed by atoms with Gasteiger partial charge in [-0.25, -0.2) is 4.39 Å². The predicted molar refractivity (Wildman–Crippen MR) is 162 cm³/mol. The summed E-state index contributed by atoms with van der Waals surface area (Å²) in [5, 5.41) is 4.60. The first-order valence-electron chi connectivity index (χ1n) is 16.3. The van der Waals surface area contributed by atoms with E-state index >= 15 is 0 Å². The van der Waals surface area contributed by atoms with Crippen molar-refractivity contribution in [2.24, 2.45) is 45.6 Å². The van der Waals surface area contributed by atoms with E-state index in [1.54, 1.807) is 17.7 Å². The normalized spacial score (nSPS) is 42.2. The van der Waals surface area contributed by atoms with Gasteiger partial charge in [0, 0.05) is 11.8 Å². The Morgan fingerprint density at radius 1 is 1.05 bits per heavy atom. The molecule has 5 aliphatic rings. The molecule has 41 heavy (non-hydrogen) atoms. The molecule has 6 rings (SSSR count). The lowest BCUT2D eigenvalue weighted by Crippen LogP contribution is -2.51. The minimum Gasteiger partial charge on any atom is -0.391 e. The summed E-state index contributed by atoms with van der Waals surface area (Å²) in [6.45, 7) is 12.1. The number of nitrogens with zero attached hydrogens (tertiary/aromatic N) is 1. The zero-order chi connectivity index (χ0) is 28.8. The molecule has 0 spiro atoms. The van der Waals surface area contributed by atoms with E-state index in [2.05, 4.69) is 58.0 Å². The molecule has 4 aliphatic carbocycles. The monoisotopic (exact) mass is 563 g/mol. The molecule has 1 aromatic carbocycles. The molecule has 0 aromatic heterocycles. The summed E-state index contributed by atoms with van der Waals surface area (Å²) in [6.07, 6.45) is 18.1. The molecule has 1 heterocycles. The highest BCUT2D eigenvalue weighted by Gasteiger charge is 2.59. The predicted octanol–water partition coefficient (Wildman–Crippen LogP) is 9.01. The number of halogens is 1. The molecule has 224 valence electrons. The maximum Gasteiger partial charge on any atom is 0.177 e. The Morgan fingerprint density at radius 2 is 1.85 bits per heavy atom. The first kappa shape index (κ1) is 29.1. The van der Waals surface area contributed by atoms with E-state index in [1.807, 2.05) is 0 Å². The van der Waals surface area contributed by atoms with E-state index in [0.717, 1.165) is 48.3 Å². The van der Waals surface area contributed by atoms with Gasteiger partial charge in [-0.1, -0.05) is 62.7 Å². The molecule has 0 bridgehead atoms. The number of allylic oxidation sites excluding steroid dienone is 1. The molecular weight excluding hydrogens is 513 g/mol. The number of oxime groups is 1. The van der Waals surface area contributed by atoms with E-state index in [9.17, 15) is 4.39 Å². The maximum absolute atomic E-state index is 13.2. The van der Waals surface area contributed by atoms with Gasteiger partial charge in [-0.2, -0.15) is 0 Å². The van der Waals surface area contributed by atoms with Crippen molar-refractivity contribution in [3.8, 4) is 0 Å². The van der Waals surface area contributed by atoms with Gasteiger partial charge in [-0.05, 0) is 117 Å². The summed E-state index contributed by atoms with van der Waals surface area (Å²) in [5.74, 6) is 2.98. The van der Waals surface area contributed by atoms with Gasteiger partial charge in [-0.15, -0.1) is 0 Å². The Labute approximate surface area is 246 Å². The van der Waals surface area contributed by atoms with Crippen molar-refractivity contribution in [1.82, 2.24) is 0 Å². The fourth-order valence-corrected chi connectivity index (χ4v) is 9.75. The summed E-state index contributed by atoms with van der Waals surface area (Å²) in [6, 6.07) is 6.49. The van der Waals surface area contributed by atoms with E-state index in [0.29, 0.717) is 23.9 Å². The van der Waals surface area contributed by atoms with Crippen LogP contribution in [0.1, 0.15) is 98.0 Å². The topological polar surface area (TPSA) is 40.0 Å². The highest BCUT2D eigenvalue weighted by Crippen LogP contribution is 2.66. The minimum absolute atomic E-state index is 0.196. The van der Waals surface area contributed by atoms with Crippen LogP contribution in [-0.4, -0.2) is 24.2 Å². The SMILES string of the molecule is CC[C@H]1OC(O[C@H]2CC[C@@]3(C)C(=CCC4C3CC[C@@]3(C)C4CC[C@@H]3/C(C)=N/OCc3ccc(F)cc3)C2)C=C[C@@H]1C. The van der Waals surface area contributed by atoms with Crippen LogP contribution >= 0.6 is 0 Å². The number of rotatable bonds is 7. The van der Waals surface area contributed by atoms with Crippen LogP contribution < -0.4 is 0 Å². The molecule has 5 heteroatoms. The Bertz CT molecular complexity index is 1180. The number of hydrogen-bond donors (Lipinski definition) is 0. The molecule has 0 amide bonds. The Hall–Kier alpha value is -1.98. The molecular formula is C36H50FNO3. The van der Waals surface area contributed by atoms with Crippen molar-refractivity contribution in [2.75, 3.05) is 0 Å². The second-order valence-corrected chi connectivity index (χ2v) is 14.3. The van der Waals surface area contributed by atoms with Gasteiger partial charge in [0.15, 0.2) is 6.29 Å². The summed E-state index contributed by atoms with van der Waals surface area (Å²) in [5.41, 5.74) is 4.31. The van der Waals surface area contributed by atoms with E-state index in [1.165, 1.54) is 50.7 Å². The summed E-state index contributed by atoms with van der Waals surface area (Å²) in [7, 11) is 0. The summed E-state index contributed by atoms with van der Waals surface area (Å²) < 4.78 is 26.0. The fourth-order valence-electron chi connectivity index (χ4n) is 9.75. The smallest absolute Gasteiger partial charge is 0.177 e. The maximum atomic E-state index is 13.2. The molecule has 4 unspecified atom stereocenters. The second-order valence-electron chi connectivity index (χ2n) is 14.3. The highest BCUT2D eigenvalue weighted by atomic mass is 19.1. The number of hydrogen-bond acceptors (Lipinski definition) is 4. The van der Waals surface area contributed by atoms with Gasteiger partial charge in [0.05, 0.1) is 17.9 Å². The van der Waals surface area contributed by atoms with Crippen molar-refractivity contribution in [3.63, 3.8) is 0 Å². The number of ether oxygens (including phenoxy) is 2. The zero-order valence-electron chi connectivity index (χ0n) is 25.8. The lowest BCUT2D eigenvalue weighted by molar-refractivity contribution is -0.188. The van der Waals surface area contributed by atoms with Crippen molar-refractivity contribution >= 4 is 5.71 Å². The van der Waals surface area contributed by atoms with Gasteiger partial charge in [0.25, 0.3) is 0 Å². The Morgan fingerprint density at radius 3 is 2.63 bits per heavy atom. The standard InChI is InChI=1S/C36H50FNO3/c1-6-33-23(2)7-16-34(41-33)40-28-17-19-35(4)26(21-28)10-13-29-31-15-14-30(36(31,5)20-18-32(29)35)24(3)38-39-22-25-8-11-27(37)12-9-25/h7-12,16,23,28-34H,6,13-15,17-22H2,1-5H3/b38-24+/t23-,28-,29?,30+,31?,32?,33+,34?,35-,36+/m0/s1. The van der Waals surface area contributed by atoms with Crippen LogP contribution in [0.15, 0.2) is 53.2 Å². The van der Waals surface area contributed by atoms with Crippen LogP contribution in [0.2, 0.25) is 0 Å². The third-order valence-corrected chi connectivity index (χ3v) is 12.1. The molecule has 3 fully saturated rings. The third kappa shape index (κ3) is 5.46. The number of benzene rings is 1. The average Bonchev–Trinajstić information content (AvgIpc) is 3.32. The lowest BCUT2D eigenvalue weighted by atomic mass is 9.47. The van der Waals surface area contributed by atoms with Crippen LogP contribution in [0.3, 0.4) is 0 Å². The first-order valence-corrected chi connectivity index (χ1v) is 16.3. The van der Waals surface area contributed by atoms with Crippen LogP contribution in [0.4, 0.5) is 4.39 Å². The van der Waals surface area contributed by atoms with Crippen molar-refractivity contribution < 1.29 is 18.7 Å². The van der Waals surface area contributed by atoms with E-state index in [4.69, 9.17) is 14.3 Å². The van der Waals surface area contributed by atoms with E-state index < -0.39 is 0 Å². The second kappa shape index (κ2) is 11.6. The molecule has 10 atom stereocenters. The third-order valence-electron chi connectivity index (χ3n) is 12.1. The molecule has 0 radical (unpaired) electrons. The largest absolute Gasteiger partial charge is 0.391 e. The van der Waals surface area contributed by atoms with Crippen LogP contribution in [-0.2, 0) is 20.9 Å². The van der Waals surface area contributed by atoms with Crippen LogP contribution in [0.5, 0.6) is 0 Å². The Kier molecular flexibility index (Phi) is 8.24. The minimum atomic E-state index is -0.222. The lowest BCUT2D eigenvalue weighted by Gasteiger charge is -2.58. The average molecular weight is 564 g/mol. The Balaban J connectivity index is 1.10. The zero-order valence-corrected chi connectivity index (χ0v) is 25.8. The molecule has 1 aliphatic heterocycles. The van der Waals surface area contributed by atoms with Crippen molar-refractivity contribution in [1.29, 1.82) is 0 Å². The number of fused-ring (bicyclic) bond motifs is 5. The molecule has 0 saturated heterocycles. The molecule has 4 nitrogen and oxygen atoms in total. The fraction of sp³-hybridized carbons (Fsp3) is 0.694. The van der Waals surface area contributed by atoms with Crippen LogP contribution in [0, 0.1) is 46.2 Å². The van der Waals surface area contributed by atoms with Gasteiger partial charge >= 0.3 is 0 Å². The van der Waals surface area contributed by atoms with Crippen molar-refractivity contribution in [3.05, 3.63) is 59.4 Å². The first-order chi connectivity index (χ1) is 19.7. The molecule has 1 aromatic rings. The van der Waals surface area contributed by atoms with Gasteiger partial charge in [0.2, 0.25) is 0 Å². The quantitative estimate of drug-likeness (QED) is 0.189. The van der Waals surface area contributed by atoms with Gasteiger partial charge in [-0.3, -0.25) is 0 Å². The highest BCUT2D eigenvalue weighted by molar-refractivity contribution is 5.85. The van der Waals surface area contributed by atoms with Crippen molar-refractivity contribution in [2.45, 2.75) is 118 Å². The van der Waals surface area contributed by atoms with E-state index in [-0.39, 0.29) is 29.7 Å². The van der Waals surface area contributed by atoms with Gasteiger partial charge < -0.3 is 14.3 Å². The summed E-state index contributed by atoms with van der Waals surface area (Å²) >= 11 is 0. The van der Waals surface area contributed by atoms with Crippen LogP contribution in [0.25, 0.3) is 0 Å². The molecule has 0 N–H and O–H groups in total.